The van der Waals surface area contributed by atoms with Crippen molar-refractivity contribution in [3.05, 3.63) is 47.3 Å². The Morgan fingerprint density at radius 2 is 2.07 bits per heavy atom. The first-order valence-corrected chi connectivity index (χ1v) is 7.92. The molecule has 0 saturated carbocycles. The fourth-order valence-electron chi connectivity index (χ4n) is 2.42. The highest BCUT2D eigenvalue weighted by Gasteiger charge is 2.29. The minimum absolute atomic E-state index is 0. The number of carbonyl (C=O) groups excluding carboxylic acids is 1. The fourth-order valence-corrected chi connectivity index (χ4v) is 2.42. The summed E-state index contributed by atoms with van der Waals surface area (Å²) >= 11 is 0. The summed E-state index contributed by atoms with van der Waals surface area (Å²) in [5.74, 6) is -0.215. The van der Waals surface area contributed by atoms with Crippen molar-refractivity contribution in [1.82, 2.24) is 20.4 Å². The SMILES string of the molecule is CNC(C(=O)NCc1ccc(C)cc1OCC(F)(F)F)c1cnn(C)c1.Cl. The van der Waals surface area contributed by atoms with Gasteiger partial charge in [-0.3, -0.25) is 9.48 Å². The molecule has 0 aliphatic heterocycles. The van der Waals surface area contributed by atoms with Gasteiger partial charge in [0, 0.05) is 30.9 Å². The second-order valence-corrected chi connectivity index (χ2v) is 5.90. The highest BCUT2D eigenvalue weighted by atomic mass is 35.5. The molecule has 27 heavy (non-hydrogen) atoms. The van der Waals surface area contributed by atoms with Crippen molar-refractivity contribution < 1.29 is 22.7 Å². The van der Waals surface area contributed by atoms with Crippen molar-refractivity contribution in [2.45, 2.75) is 25.7 Å². The van der Waals surface area contributed by atoms with Gasteiger partial charge in [0.25, 0.3) is 0 Å². The molecule has 0 bridgehead atoms. The van der Waals surface area contributed by atoms with E-state index < -0.39 is 18.8 Å². The van der Waals surface area contributed by atoms with Gasteiger partial charge in [-0.15, -0.1) is 12.4 Å². The second-order valence-electron chi connectivity index (χ2n) is 5.90. The number of ether oxygens (including phenoxy) is 1. The smallest absolute Gasteiger partial charge is 0.422 e. The van der Waals surface area contributed by atoms with Gasteiger partial charge < -0.3 is 15.4 Å². The quantitative estimate of drug-likeness (QED) is 0.741. The highest BCUT2D eigenvalue weighted by molar-refractivity contribution is 5.85. The van der Waals surface area contributed by atoms with Crippen LogP contribution in [0.1, 0.15) is 22.7 Å². The van der Waals surface area contributed by atoms with E-state index in [1.807, 2.05) is 0 Å². The number of rotatable bonds is 7. The summed E-state index contributed by atoms with van der Waals surface area (Å²) < 4.78 is 43.7. The first-order valence-electron chi connectivity index (χ1n) is 7.92. The van der Waals surface area contributed by atoms with Crippen LogP contribution in [-0.2, 0) is 18.4 Å². The number of halogens is 4. The molecule has 1 aromatic carbocycles. The molecule has 1 amide bonds. The van der Waals surface area contributed by atoms with Gasteiger partial charge in [-0.25, -0.2) is 0 Å². The molecule has 0 radical (unpaired) electrons. The molecule has 0 spiro atoms. The zero-order valence-corrected chi connectivity index (χ0v) is 15.9. The van der Waals surface area contributed by atoms with Crippen molar-refractivity contribution in [3.8, 4) is 5.75 Å². The lowest BCUT2D eigenvalue weighted by Crippen LogP contribution is -2.35. The first-order chi connectivity index (χ1) is 12.2. The van der Waals surface area contributed by atoms with Gasteiger partial charge >= 0.3 is 6.18 Å². The Balaban J connectivity index is 0.00000364. The van der Waals surface area contributed by atoms with Gasteiger partial charge in [-0.05, 0) is 25.6 Å². The molecule has 1 unspecified atom stereocenters. The molecule has 6 nitrogen and oxygen atoms in total. The Hall–Kier alpha value is -2.26. The van der Waals surface area contributed by atoms with Crippen molar-refractivity contribution in [1.29, 1.82) is 0 Å². The molecular weight excluding hydrogens is 385 g/mol. The van der Waals surface area contributed by atoms with Crippen LogP contribution in [0.15, 0.2) is 30.6 Å². The Morgan fingerprint density at radius 1 is 1.37 bits per heavy atom. The van der Waals surface area contributed by atoms with Gasteiger partial charge in [0.15, 0.2) is 6.61 Å². The molecule has 150 valence electrons. The molecule has 1 heterocycles. The average molecular weight is 407 g/mol. The standard InChI is InChI=1S/C17H21F3N4O2.ClH/c1-11-4-5-12(14(6-11)26-10-17(18,19)20)7-22-16(25)15(21-2)13-8-23-24(3)9-13;/h4-6,8-9,15,21H,7,10H2,1-3H3,(H,22,25);1H. The number of carbonyl (C=O) groups is 1. The monoisotopic (exact) mass is 406 g/mol. The molecule has 2 N–H and O–H groups in total. The van der Waals surface area contributed by atoms with Gasteiger partial charge in [0.05, 0.1) is 6.20 Å². The van der Waals surface area contributed by atoms with Crippen molar-refractivity contribution in [2.75, 3.05) is 13.7 Å². The molecule has 0 saturated heterocycles. The number of hydrogen-bond acceptors (Lipinski definition) is 4. The molecule has 1 atom stereocenters. The zero-order valence-electron chi connectivity index (χ0n) is 15.1. The third-order valence-electron chi connectivity index (χ3n) is 3.68. The van der Waals surface area contributed by atoms with Gasteiger partial charge in [-0.2, -0.15) is 18.3 Å². The summed E-state index contributed by atoms with van der Waals surface area (Å²) in [4.78, 5) is 12.4. The zero-order chi connectivity index (χ0) is 19.3. The van der Waals surface area contributed by atoms with Crippen LogP contribution in [0.4, 0.5) is 13.2 Å². The lowest BCUT2D eigenvalue weighted by molar-refractivity contribution is -0.153. The molecule has 0 aliphatic rings. The number of alkyl halides is 3. The van der Waals surface area contributed by atoms with Crippen LogP contribution in [0.3, 0.4) is 0 Å². The molecule has 0 fully saturated rings. The Morgan fingerprint density at radius 3 is 2.63 bits per heavy atom. The summed E-state index contributed by atoms with van der Waals surface area (Å²) in [6.07, 6.45) is -1.14. The molecule has 2 aromatic rings. The normalized spacial score (nSPS) is 12.2. The minimum atomic E-state index is -4.43. The van der Waals surface area contributed by atoms with Crippen LogP contribution in [0, 0.1) is 6.92 Å². The van der Waals surface area contributed by atoms with E-state index in [1.54, 1.807) is 50.2 Å². The number of aryl methyl sites for hydroxylation is 2. The van der Waals surface area contributed by atoms with Crippen molar-refractivity contribution >= 4 is 18.3 Å². The van der Waals surface area contributed by atoms with Gasteiger partial charge in [0.1, 0.15) is 11.8 Å². The van der Waals surface area contributed by atoms with E-state index in [9.17, 15) is 18.0 Å². The molecule has 1 aromatic heterocycles. The summed E-state index contributed by atoms with van der Waals surface area (Å²) in [5, 5.41) is 9.63. The molecule has 2 rings (SSSR count). The Bertz CT molecular complexity index is 765. The van der Waals surface area contributed by atoms with E-state index in [0.717, 1.165) is 5.56 Å². The maximum atomic E-state index is 12.4. The summed E-state index contributed by atoms with van der Waals surface area (Å²) in [6.45, 7) is 0.416. The Kier molecular flexibility index (Phi) is 8.11. The van der Waals surface area contributed by atoms with E-state index in [1.165, 1.54) is 6.07 Å². The van der Waals surface area contributed by atoms with Crippen LogP contribution < -0.4 is 15.4 Å². The summed E-state index contributed by atoms with van der Waals surface area (Å²) in [7, 11) is 3.38. The number of nitrogens with one attached hydrogen (secondary N) is 2. The van der Waals surface area contributed by atoms with Crippen molar-refractivity contribution in [3.63, 3.8) is 0 Å². The molecule has 0 aliphatic carbocycles. The minimum Gasteiger partial charge on any atom is -0.484 e. The lowest BCUT2D eigenvalue weighted by Gasteiger charge is -2.17. The Labute approximate surface area is 161 Å². The summed E-state index contributed by atoms with van der Waals surface area (Å²) in [6, 6.07) is 4.29. The predicted molar refractivity (Wildman–Crippen MR) is 96.8 cm³/mol. The van der Waals surface area contributed by atoms with E-state index >= 15 is 0 Å². The lowest BCUT2D eigenvalue weighted by atomic mass is 10.1. The number of amides is 1. The maximum Gasteiger partial charge on any atom is 0.422 e. The number of aromatic nitrogens is 2. The van der Waals surface area contributed by atoms with Crippen LogP contribution in [0.25, 0.3) is 0 Å². The third-order valence-corrected chi connectivity index (χ3v) is 3.68. The first kappa shape index (κ1) is 22.8. The predicted octanol–water partition coefficient (Wildman–Crippen LogP) is 2.67. The summed E-state index contributed by atoms with van der Waals surface area (Å²) in [5.41, 5.74) is 1.92. The maximum absolute atomic E-state index is 12.4. The van der Waals surface area contributed by atoms with Crippen LogP contribution in [0.5, 0.6) is 5.75 Å². The molecular formula is C17H22ClF3N4O2. The number of benzene rings is 1. The third kappa shape index (κ3) is 6.76. The average Bonchev–Trinajstić information content (AvgIpc) is 2.98. The number of likely N-dealkylation sites (N-methyl/N-ethyl adjacent to an activating group) is 1. The van der Waals surface area contributed by atoms with E-state index in [0.29, 0.717) is 11.1 Å². The fraction of sp³-hybridized carbons (Fsp3) is 0.412. The van der Waals surface area contributed by atoms with Gasteiger partial charge in [0.2, 0.25) is 5.91 Å². The topological polar surface area (TPSA) is 68.2 Å². The molecule has 10 heteroatoms. The van der Waals surface area contributed by atoms with E-state index in [2.05, 4.69) is 15.7 Å². The van der Waals surface area contributed by atoms with Crippen LogP contribution >= 0.6 is 12.4 Å². The van der Waals surface area contributed by atoms with E-state index in [-0.39, 0.29) is 30.6 Å². The van der Waals surface area contributed by atoms with Crippen molar-refractivity contribution in [2.24, 2.45) is 7.05 Å². The number of hydrogen-bond donors (Lipinski definition) is 2. The largest absolute Gasteiger partial charge is 0.484 e. The number of nitrogens with zero attached hydrogens (tertiary/aromatic N) is 2. The van der Waals surface area contributed by atoms with Gasteiger partial charge in [-0.1, -0.05) is 12.1 Å². The highest BCUT2D eigenvalue weighted by Crippen LogP contribution is 2.24. The van der Waals surface area contributed by atoms with E-state index in [4.69, 9.17) is 4.74 Å². The second kappa shape index (κ2) is 9.61. The van der Waals surface area contributed by atoms with Crippen LogP contribution in [-0.4, -0.2) is 35.5 Å². The van der Waals surface area contributed by atoms with Crippen LogP contribution in [0.2, 0.25) is 0 Å².